The van der Waals surface area contributed by atoms with Crippen molar-refractivity contribution < 1.29 is 4.79 Å². The van der Waals surface area contributed by atoms with Crippen molar-refractivity contribution in [3.8, 4) is 0 Å². The van der Waals surface area contributed by atoms with Crippen molar-refractivity contribution in [3.05, 3.63) is 88.5 Å². The van der Waals surface area contributed by atoms with Crippen LogP contribution in [0.5, 0.6) is 0 Å². The molecule has 0 radical (unpaired) electrons. The lowest BCUT2D eigenvalue weighted by Crippen LogP contribution is -2.35. The van der Waals surface area contributed by atoms with Crippen molar-refractivity contribution in [2.45, 2.75) is 6.54 Å². The van der Waals surface area contributed by atoms with E-state index in [0.717, 1.165) is 5.56 Å². The van der Waals surface area contributed by atoms with Crippen LogP contribution >= 0.6 is 23.2 Å². The number of para-hydroxylation sites is 1. The molecule has 0 unspecified atom stereocenters. The third kappa shape index (κ3) is 4.50. The molecule has 0 saturated carbocycles. The van der Waals surface area contributed by atoms with Crippen LogP contribution < -0.4 is 10.2 Å². The minimum atomic E-state index is -0.282. The molecule has 0 aliphatic heterocycles. The second kappa shape index (κ2) is 8.01. The van der Waals surface area contributed by atoms with Gasteiger partial charge in [-0.2, -0.15) is 0 Å². The summed E-state index contributed by atoms with van der Waals surface area (Å²) in [5.74, 6) is 0.544. The monoisotopic (exact) mass is 371 g/mol. The molecule has 1 N–H and O–H groups in total. The Hall–Kier alpha value is -2.56. The number of carbonyl (C=O) groups is 1. The molecule has 1 aromatic heterocycles. The first-order valence-electron chi connectivity index (χ1n) is 7.62. The highest BCUT2D eigenvalue weighted by Gasteiger charge is 2.18. The largest absolute Gasteiger partial charge is 0.327 e. The highest BCUT2D eigenvalue weighted by Crippen LogP contribution is 2.24. The van der Waals surface area contributed by atoms with Gasteiger partial charge in [0.2, 0.25) is 0 Å². The highest BCUT2D eigenvalue weighted by molar-refractivity contribution is 6.42. The van der Waals surface area contributed by atoms with Crippen LogP contribution in [0, 0.1) is 0 Å². The van der Waals surface area contributed by atoms with Crippen molar-refractivity contribution in [2.75, 3.05) is 10.2 Å². The van der Waals surface area contributed by atoms with Crippen molar-refractivity contribution in [2.24, 2.45) is 0 Å². The maximum Gasteiger partial charge on any atom is 0.327 e. The lowest BCUT2D eigenvalue weighted by molar-refractivity contribution is 0.256. The minimum absolute atomic E-state index is 0.282. The lowest BCUT2D eigenvalue weighted by atomic mass is 10.2. The van der Waals surface area contributed by atoms with Gasteiger partial charge in [-0.1, -0.05) is 53.5 Å². The van der Waals surface area contributed by atoms with Gasteiger partial charge < -0.3 is 5.32 Å². The standard InChI is InChI=1S/C19H15Cl2N3O/c20-16-10-9-14(12-17(16)21)13-24(18-8-4-5-11-22-18)19(25)23-15-6-2-1-3-7-15/h1-12H,13H2,(H,23,25). The lowest BCUT2D eigenvalue weighted by Gasteiger charge is -2.22. The molecule has 2 amide bonds. The summed E-state index contributed by atoms with van der Waals surface area (Å²) >= 11 is 12.1. The number of rotatable bonds is 4. The Morgan fingerprint density at radius 3 is 2.40 bits per heavy atom. The van der Waals surface area contributed by atoms with Crippen molar-refractivity contribution >= 4 is 40.7 Å². The second-order valence-corrected chi connectivity index (χ2v) is 6.13. The van der Waals surface area contributed by atoms with Crippen LogP contribution in [-0.4, -0.2) is 11.0 Å². The Balaban J connectivity index is 1.87. The molecule has 0 aliphatic carbocycles. The van der Waals surface area contributed by atoms with E-state index < -0.39 is 0 Å². The van der Waals surface area contributed by atoms with Gasteiger partial charge in [0.1, 0.15) is 5.82 Å². The smallest absolute Gasteiger partial charge is 0.307 e. The van der Waals surface area contributed by atoms with E-state index >= 15 is 0 Å². The van der Waals surface area contributed by atoms with Crippen molar-refractivity contribution in [1.82, 2.24) is 4.98 Å². The summed E-state index contributed by atoms with van der Waals surface area (Å²) < 4.78 is 0. The van der Waals surface area contributed by atoms with Gasteiger partial charge in [0.05, 0.1) is 16.6 Å². The summed E-state index contributed by atoms with van der Waals surface area (Å²) in [5, 5.41) is 3.80. The van der Waals surface area contributed by atoms with Crippen molar-refractivity contribution in [1.29, 1.82) is 0 Å². The molecule has 2 aromatic carbocycles. The number of nitrogens with zero attached hydrogens (tertiary/aromatic N) is 2. The predicted molar refractivity (Wildman–Crippen MR) is 102 cm³/mol. The van der Waals surface area contributed by atoms with E-state index in [9.17, 15) is 4.79 Å². The van der Waals surface area contributed by atoms with Crippen LogP contribution in [0.3, 0.4) is 0 Å². The molecule has 0 spiro atoms. The first kappa shape index (κ1) is 17.3. The number of amides is 2. The molecular formula is C19H15Cl2N3O. The minimum Gasteiger partial charge on any atom is -0.307 e. The molecule has 0 saturated heterocycles. The number of hydrogen-bond acceptors (Lipinski definition) is 2. The first-order chi connectivity index (χ1) is 12.1. The molecule has 3 rings (SSSR count). The van der Waals surface area contributed by atoms with Crippen LogP contribution in [0.15, 0.2) is 72.9 Å². The number of halogens is 2. The molecule has 1 heterocycles. The number of pyridine rings is 1. The Labute approximate surface area is 156 Å². The fraction of sp³-hybridized carbons (Fsp3) is 0.0526. The molecule has 6 heteroatoms. The second-order valence-electron chi connectivity index (χ2n) is 5.32. The Kier molecular flexibility index (Phi) is 5.53. The van der Waals surface area contributed by atoms with E-state index in [1.165, 1.54) is 0 Å². The van der Waals surface area contributed by atoms with E-state index in [2.05, 4.69) is 10.3 Å². The SMILES string of the molecule is O=C(Nc1ccccc1)N(Cc1ccc(Cl)c(Cl)c1)c1ccccn1. The van der Waals surface area contributed by atoms with Crippen LogP contribution in [0.1, 0.15) is 5.56 Å². The van der Waals surface area contributed by atoms with E-state index in [0.29, 0.717) is 28.1 Å². The number of urea groups is 1. The van der Waals surface area contributed by atoms with Gasteiger partial charge in [-0.05, 0) is 42.0 Å². The Bertz CT molecular complexity index is 857. The zero-order chi connectivity index (χ0) is 17.6. The molecule has 0 atom stereocenters. The topological polar surface area (TPSA) is 45.2 Å². The van der Waals surface area contributed by atoms with Gasteiger partial charge in [0.25, 0.3) is 0 Å². The van der Waals surface area contributed by atoms with Gasteiger partial charge in [-0.3, -0.25) is 4.90 Å². The number of nitrogens with one attached hydrogen (secondary N) is 1. The van der Waals surface area contributed by atoms with Gasteiger partial charge >= 0.3 is 6.03 Å². The van der Waals surface area contributed by atoms with E-state index in [1.54, 1.807) is 35.4 Å². The molecular weight excluding hydrogens is 357 g/mol. The maximum atomic E-state index is 12.8. The average Bonchev–Trinajstić information content (AvgIpc) is 2.64. The molecule has 0 aliphatic rings. The number of anilines is 2. The zero-order valence-corrected chi connectivity index (χ0v) is 14.7. The van der Waals surface area contributed by atoms with E-state index in [4.69, 9.17) is 23.2 Å². The van der Waals surface area contributed by atoms with Gasteiger partial charge in [-0.15, -0.1) is 0 Å². The summed E-state index contributed by atoms with van der Waals surface area (Å²) in [6.45, 7) is 0.312. The predicted octanol–water partition coefficient (Wildman–Crippen LogP) is 5.63. The zero-order valence-electron chi connectivity index (χ0n) is 13.2. The average molecular weight is 372 g/mol. The highest BCUT2D eigenvalue weighted by atomic mass is 35.5. The number of benzene rings is 2. The number of carbonyl (C=O) groups excluding carboxylic acids is 1. The van der Waals surface area contributed by atoms with Crippen LogP contribution in [0.25, 0.3) is 0 Å². The fourth-order valence-electron chi connectivity index (χ4n) is 2.30. The molecule has 4 nitrogen and oxygen atoms in total. The first-order valence-corrected chi connectivity index (χ1v) is 8.37. The van der Waals surface area contributed by atoms with Crippen molar-refractivity contribution in [3.63, 3.8) is 0 Å². The summed E-state index contributed by atoms with van der Waals surface area (Å²) in [6.07, 6.45) is 1.65. The maximum absolute atomic E-state index is 12.8. The molecule has 0 bridgehead atoms. The van der Waals surface area contributed by atoms with Crippen LogP contribution in [0.4, 0.5) is 16.3 Å². The fourth-order valence-corrected chi connectivity index (χ4v) is 2.62. The molecule has 126 valence electrons. The third-order valence-electron chi connectivity index (χ3n) is 3.52. The number of hydrogen-bond donors (Lipinski definition) is 1. The van der Waals surface area contributed by atoms with Gasteiger partial charge in [-0.25, -0.2) is 9.78 Å². The third-order valence-corrected chi connectivity index (χ3v) is 4.26. The molecule has 25 heavy (non-hydrogen) atoms. The summed E-state index contributed by atoms with van der Waals surface area (Å²) in [4.78, 5) is 18.6. The quantitative estimate of drug-likeness (QED) is 0.645. The molecule has 0 fully saturated rings. The summed E-state index contributed by atoms with van der Waals surface area (Å²) in [6, 6.07) is 19.7. The summed E-state index contributed by atoms with van der Waals surface area (Å²) in [7, 11) is 0. The summed E-state index contributed by atoms with van der Waals surface area (Å²) in [5.41, 5.74) is 1.56. The number of aromatic nitrogens is 1. The Morgan fingerprint density at radius 1 is 0.960 bits per heavy atom. The molecule has 3 aromatic rings. The Morgan fingerprint density at radius 2 is 1.72 bits per heavy atom. The van der Waals surface area contributed by atoms with Crippen LogP contribution in [0.2, 0.25) is 10.0 Å². The van der Waals surface area contributed by atoms with Crippen LogP contribution in [-0.2, 0) is 6.54 Å². The van der Waals surface area contributed by atoms with E-state index in [1.807, 2.05) is 42.5 Å². The normalized spacial score (nSPS) is 10.3. The van der Waals surface area contributed by atoms with E-state index in [-0.39, 0.29) is 6.03 Å². The van der Waals surface area contributed by atoms with Gasteiger partial charge in [0, 0.05) is 11.9 Å². The van der Waals surface area contributed by atoms with Gasteiger partial charge in [0.15, 0.2) is 0 Å².